The standard InChI is InChI=1S/C11H20N2O3/c1-3-10(14)13-7-5-9(6-8-13)12-11(15)16-4-2/h9H,3-8H2,1-2H3,(H,12,15). The first-order chi connectivity index (χ1) is 7.67. The van der Waals surface area contributed by atoms with Crippen LogP contribution in [-0.2, 0) is 9.53 Å². The smallest absolute Gasteiger partial charge is 0.407 e. The molecule has 0 aliphatic carbocycles. The minimum atomic E-state index is -0.359. The van der Waals surface area contributed by atoms with Crippen LogP contribution in [0.1, 0.15) is 33.1 Å². The van der Waals surface area contributed by atoms with Gasteiger partial charge in [-0.1, -0.05) is 6.92 Å². The quantitative estimate of drug-likeness (QED) is 0.788. The van der Waals surface area contributed by atoms with Crippen LogP contribution in [0.2, 0.25) is 0 Å². The van der Waals surface area contributed by atoms with E-state index < -0.39 is 0 Å². The van der Waals surface area contributed by atoms with Crippen LogP contribution in [0.25, 0.3) is 0 Å². The van der Waals surface area contributed by atoms with Crippen LogP contribution < -0.4 is 5.32 Å². The molecule has 1 saturated heterocycles. The number of alkyl carbamates (subject to hydrolysis) is 1. The second kappa shape index (κ2) is 6.35. The Balaban J connectivity index is 2.26. The average molecular weight is 228 g/mol. The van der Waals surface area contributed by atoms with Gasteiger partial charge in [-0.3, -0.25) is 4.79 Å². The van der Waals surface area contributed by atoms with Gasteiger partial charge in [-0.25, -0.2) is 4.79 Å². The van der Waals surface area contributed by atoms with E-state index in [0.717, 1.165) is 25.9 Å². The van der Waals surface area contributed by atoms with E-state index in [1.54, 1.807) is 6.92 Å². The molecule has 5 heteroatoms. The molecule has 16 heavy (non-hydrogen) atoms. The molecule has 0 radical (unpaired) electrons. The van der Waals surface area contributed by atoms with Crippen molar-refractivity contribution in [2.24, 2.45) is 0 Å². The largest absolute Gasteiger partial charge is 0.450 e. The van der Waals surface area contributed by atoms with Gasteiger partial charge in [-0.2, -0.15) is 0 Å². The number of likely N-dealkylation sites (tertiary alicyclic amines) is 1. The molecule has 1 N–H and O–H groups in total. The van der Waals surface area contributed by atoms with Crippen molar-refractivity contribution in [3.63, 3.8) is 0 Å². The van der Waals surface area contributed by atoms with Crippen LogP contribution in [0.3, 0.4) is 0 Å². The summed E-state index contributed by atoms with van der Waals surface area (Å²) in [6, 6.07) is 0.139. The molecule has 1 aliphatic rings. The lowest BCUT2D eigenvalue weighted by molar-refractivity contribution is -0.131. The van der Waals surface area contributed by atoms with Crippen LogP contribution >= 0.6 is 0 Å². The van der Waals surface area contributed by atoms with Gasteiger partial charge >= 0.3 is 6.09 Å². The van der Waals surface area contributed by atoms with Crippen LogP contribution in [0, 0.1) is 0 Å². The van der Waals surface area contributed by atoms with Crippen LogP contribution in [0.4, 0.5) is 4.79 Å². The van der Waals surface area contributed by atoms with Gasteiger partial charge < -0.3 is 15.0 Å². The van der Waals surface area contributed by atoms with Crippen molar-refractivity contribution in [3.05, 3.63) is 0 Å². The monoisotopic (exact) mass is 228 g/mol. The molecule has 5 nitrogen and oxygen atoms in total. The van der Waals surface area contributed by atoms with Crippen LogP contribution in [0.5, 0.6) is 0 Å². The van der Waals surface area contributed by atoms with Crippen molar-refractivity contribution < 1.29 is 14.3 Å². The highest BCUT2D eigenvalue weighted by Crippen LogP contribution is 2.11. The van der Waals surface area contributed by atoms with Crippen LogP contribution in [-0.4, -0.2) is 42.6 Å². The number of carbonyl (C=O) groups excluding carboxylic acids is 2. The van der Waals surface area contributed by atoms with E-state index in [1.807, 2.05) is 11.8 Å². The fourth-order valence-electron chi connectivity index (χ4n) is 1.84. The van der Waals surface area contributed by atoms with Gasteiger partial charge in [0.1, 0.15) is 0 Å². The lowest BCUT2D eigenvalue weighted by Gasteiger charge is -2.31. The predicted molar refractivity (Wildman–Crippen MR) is 60.1 cm³/mol. The Morgan fingerprint density at radius 2 is 1.94 bits per heavy atom. The number of carbonyl (C=O) groups is 2. The van der Waals surface area contributed by atoms with Gasteiger partial charge in [0.2, 0.25) is 5.91 Å². The average Bonchev–Trinajstić information content (AvgIpc) is 2.29. The van der Waals surface area contributed by atoms with E-state index in [2.05, 4.69) is 5.32 Å². The molecule has 0 aromatic rings. The number of piperidine rings is 1. The van der Waals surface area contributed by atoms with Gasteiger partial charge in [0.25, 0.3) is 0 Å². The van der Waals surface area contributed by atoms with E-state index in [9.17, 15) is 9.59 Å². The Kier molecular flexibility index (Phi) is 5.08. The Morgan fingerprint density at radius 3 is 2.44 bits per heavy atom. The highest BCUT2D eigenvalue weighted by atomic mass is 16.5. The van der Waals surface area contributed by atoms with E-state index in [0.29, 0.717) is 13.0 Å². The second-order valence-electron chi connectivity index (χ2n) is 3.87. The molecule has 1 heterocycles. The SMILES string of the molecule is CCOC(=O)NC1CCN(C(=O)CC)CC1. The van der Waals surface area contributed by atoms with E-state index in [1.165, 1.54) is 0 Å². The summed E-state index contributed by atoms with van der Waals surface area (Å²) in [4.78, 5) is 24.4. The number of amides is 2. The maximum absolute atomic E-state index is 11.4. The molecule has 1 fully saturated rings. The van der Waals surface area contributed by atoms with Gasteiger partial charge in [-0.15, -0.1) is 0 Å². The third-order valence-electron chi connectivity index (χ3n) is 2.75. The summed E-state index contributed by atoms with van der Waals surface area (Å²) < 4.78 is 4.81. The first-order valence-corrected chi connectivity index (χ1v) is 5.88. The molecule has 0 spiro atoms. The number of hydrogen-bond donors (Lipinski definition) is 1. The Bertz CT molecular complexity index is 248. The summed E-state index contributed by atoms with van der Waals surface area (Å²) in [5, 5.41) is 2.80. The summed E-state index contributed by atoms with van der Waals surface area (Å²) in [5.41, 5.74) is 0. The number of nitrogens with one attached hydrogen (secondary N) is 1. The third kappa shape index (κ3) is 3.72. The fraction of sp³-hybridized carbons (Fsp3) is 0.818. The van der Waals surface area contributed by atoms with Gasteiger partial charge in [0.05, 0.1) is 6.61 Å². The van der Waals surface area contributed by atoms with Crippen molar-refractivity contribution in [1.29, 1.82) is 0 Å². The number of hydrogen-bond acceptors (Lipinski definition) is 3. The van der Waals surface area contributed by atoms with Crippen molar-refractivity contribution >= 4 is 12.0 Å². The molecule has 0 saturated carbocycles. The molecular formula is C11H20N2O3. The zero-order valence-corrected chi connectivity index (χ0v) is 9.99. The third-order valence-corrected chi connectivity index (χ3v) is 2.75. The molecule has 0 aromatic carbocycles. The first kappa shape index (κ1) is 12.8. The highest BCUT2D eigenvalue weighted by Gasteiger charge is 2.22. The molecule has 92 valence electrons. The zero-order chi connectivity index (χ0) is 12.0. The highest BCUT2D eigenvalue weighted by molar-refractivity contribution is 5.76. The van der Waals surface area contributed by atoms with Crippen LogP contribution in [0.15, 0.2) is 0 Å². The van der Waals surface area contributed by atoms with Crippen molar-refractivity contribution in [2.75, 3.05) is 19.7 Å². The summed E-state index contributed by atoms with van der Waals surface area (Å²) >= 11 is 0. The normalized spacial score (nSPS) is 17.0. The van der Waals surface area contributed by atoms with Crippen molar-refractivity contribution in [1.82, 2.24) is 10.2 Å². The van der Waals surface area contributed by atoms with Gasteiger partial charge in [0, 0.05) is 25.6 Å². The first-order valence-electron chi connectivity index (χ1n) is 5.88. The molecule has 0 atom stereocenters. The minimum absolute atomic E-state index is 0.139. The fourth-order valence-corrected chi connectivity index (χ4v) is 1.84. The summed E-state index contributed by atoms with van der Waals surface area (Å²) in [6.07, 6.45) is 1.81. The molecule has 0 bridgehead atoms. The molecule has 2 amide bonds. The van der Waals surface area contributed by atoms with E-state index in [-0.39, 0.29) is 18.0 Å². The lowest BCUT2D eigenvalue weighted by atomic mass is 10.1. The maximum Gasteiger partial charge on any atom is 0.407 e. The van der Waals surface area contributed by atoms with E-state index >= 15 is 0 Å². The number of ether oxygens (including phenoxy) is 1. The van der Waals surface area contributed by atoms with Crippen molar-refractivity contribution in [3.8, 4) is 0 Å². The Labute approximate surface area is 96.1 Å². The molecule has 0 aromatic heterocycles. The Hall–Kier alpha value is -1.26. The van der Waals surface area contributed by atoms with E-state index in [4.69, 9.17) is 4.74 Å². The number of nitrogens with zero attached hydrogens (tertiary/aromatic N) is 1. The second-order valence-corrected chi connectivity index (χ2v) is 3.87. The molecule has 1 rings (SSSR count). The van der Waals surface area contributed by atoms with Crippen molar-refractivity contribution in [2.45, 2.75) is 39.2 Å². The molecule has 1 aliphatic heterocycles. The molecular weight excluding hydrogens is 208 g/mol. The summed E-state index contributed by atoms with van der Waals surface area (Å²) in [6.45, 7) is 5.49. The number of rotatable bonds is 3. The van der Waals surface area contributed by atoms with Gasteiger partial charge in [0.15, 0.2) is 0 Å². The van der Waals surface area contributed by atoms with Gasteiger partial charge in [-0.05, 0) is 19.8 Å². The summed E-state index contributed by atoms with van der Waals surface area (Å²) in [7, 11) is 0. The minimum Gasteiger partial charge on any atom is -0.450 e. The lowest BCUT2D eigenvalue weighted by Crippen LogP contribution is -2.46. The molecule has 0 unspecified atom stereocenters. The predicted octanol–water partition coefficient (Wildman–Crippen LogP) is 1.13. The topological polar surface area (TPSA) is 58.6 Å². The summed E-state index contributed by atoms with van der Waals surface area (Å²) in [5.74, 6) is 0.189. The maximum atomic E-state index is 11.4. The zero-order valence-electron chi connectivity index (χ0n) is 9.99. The Morgan fingerprint density at radius 1 is 1.31 bits per heavy atom.